The SMILES string of the molecule is C/C=C\CC1CC(C)C(C)C1C1C=CC(C)C1. The van der Waals surface area contributed by atoms with Crippen LogP contribution in [0, 0.1) is 35.5 Å². The second-order valence-corrected chi connectivity index (χ2v) is 6.48. The third-order valence-corrected chi connectivity index (χ3v) is 5.22. The molecule has 0 aromatic rings. The molecule has 0 radical (unpaired) electrons. The van der Waals surface area contributed by atoms with E-state index < -0.39 is 0 Å². The summed E-state index contributed by atoms with van der Waals surface area (Å²) in [6.07, 6.45) is 13.7. The van der Waals surface area contributed by atoms with Crippen molar-refractivity contribution in [2.75, 3.05) is 0 Å². The molecule has 6 atom stereocenters. The second kappa shape index (κ2) is 5.42. The van der Waals surface area contributed by atoms with E-state index in [1.807, 2.05) is 0 Å². The van der Waals surface area contributed by atoms with Crippen LogP contribution in [0.15, 0.2) is 24.3 Å². The van der Waals surface area contributed by atoms with Crippen molar-refractivity contribution in [3.8, 4) is 0 Å². The Morgan fingerprint density at radius 2 is 1.88 bits per heavy atom. The molecule has 0 spiro atoms. The predicted octanol–water partition coefficient (Wildman–Crippen LogP) is 5.07. The second-order valence-electron chi connectivity index (χ2n) is 6.48. The lowest BCUT2D eigenvalue weighted by molar-refractivity contribution is 0.229. The molecule has 0 N–H and O–H groups in total. The first-order valence-electron chi connectivity index (χ1n) is 7.43. The minimum absolute atomic E-state index is 0.811. The molecule has 17 heavy (non-hydrogen) atoms. The average Bonchev–Trinajstić information content (AvgIpc) is 2.82. The first-order valence-corrected chi connectivity index (χ1v) is 7.43. The van der Waals surface area contributed by atoms with Gasteiger partial charge >= 0.3 is 0 Å². The molecule has 1 fully saturated rings. The van der Waals surface area contributed by atoms with Gasteiger partial charge < -0.3 is 0 Å². The van der Waals surface area contributed by atoms with Gasteiger partial charge in [-0.25, -0.2) is 0 Å². The Labute approximate surface area is 107 Å². The summed E-state index contributed by atoms with van der Waals surface area (Å²) in [5, 5.41) is 0. The summed E-state index contributed by atoms with van der Waals surface area (Å²) in [7, 11) is 0. The van der Waals surface area contributed by atoms with Gasteiger partial charge in [0.15, 0.2) is 0 Å². The van der Waals surface area contributed by atoms with Gasteiger partial charge in [0.05, 0.1) is 0 Å². The molecule has 0 heterocycles. The van der Waals surface area contributed by atoms with E-state index in [0.29, 0.717) is 0 Å². The number of allylic oxidation sites excluding steroid dienone is 4. The average molecular weight is 232 g/mol. The summed E-state index contributed by atoms with van der Waals surface area (Å²) in [5.74, 6) is 5.36. The quantitative estimate of drug-likeness (QED) is 0.596. The highest BCUT2D eigenvalue weighted by Crippen LogP contribution is 2.49. The van der Waals surface area contributed by atoms with Crippen LogP contribution in [0.25, 0.3) is 0 Å². The zero-order valence-corrected chi connectivity index (χ0v) is 11.9. The van der Waals surface area contributed by atoms with E-state index in [1.165, 1.54) is 19.3 Å². The monoisotopic (exact) mass is 232 g/mol. The van der Waals surface area contributed by atoms with Crippen molar-refractivity contribution in [3.05, 3.63) is 24.3 Å². The molecule has 0 bridgehead atoms. The van der Waals surface area contributed by atoms with Crippen LogP contribution in [0.2, 0.25) is 0 Å². The van der Waals surface area contributed by atoms with E-state index in [-0.39, 0.29) is 0 Å². The van der Waals surface area contributed by atoms with Gasteiger partial charge in [-0.3, -0.25) is 0 Å². The van der Waals surface area contributed by atoms with E-state index in [0.717, 1.165) is 35.5 Å². The third kappa shape index (κ3) is 2.67. The standard InChI is InChI=1S/C17H28/c1-5-6-7-15-11-13(3)14(4)17(15)16-9-8-12(2)10-16/h5-6,8-9,12-17H,7,10-11H2,1-4H3/b6-5-. The molecular weight excluding hydrogens is 204 g/mol. The van der Waals surface area contributed by atoms with Crippen LogP contribution in [0.3, 0.4) is 0 Å². The van der Waals surface area contributed by atoms with Gasteiger partial charge in [0.25, 0.3) is 0 Å². The number of hydrogen-bond acceptors (Lipinski definition) is 0. The Morgan fingerprint density at radius 1 is 1.12 bits per heavy atom. The van der Waals surface area contributed by atoms with Crippen molar-refractivity contribution < 1.29 is 0 Å². The third-order valence-electron chi connectivity index (χ3n) is 5.22. The lowest BCUT2D eigenvalue weighted by atomic mass is 9.76. The van der Waals surface area contributed by atoms with Crippen molar-refractivity contribution in [2.45, 2.75) is 47.0 Å². The van der Waals surface area contributed by atoms with Crippen LogP contribution in [0.5, 0.6) is 0 Å². The molecule has 2 aliphatic rings. The van der Waals surface area contributed by atoms with Gasteiger partial charge in [-0.05, 0) is 61.7 Å². The highest BCUT2D eigenvalue weighted by molar-refractivity contribution is 5.07. The molecular formula is C17H28. The van der Waals surface area contributed by atoms with Crippen LogP contribution in [-0.4, -0.2) is 0 Å². The van der Waals surface area contributed by atoms with Crippen LogP contribution in [-0.2, 0) is 0 Å². The zero-order chi connectivity index (χ0) is 12.4. The Hall–Kier alpha value is -0.520. The molecule has 0 aliphatic heterocycles. The fourth-order valence-corrected chi connectivity index (χ4v) is 4.17. The fourth-order valence-electron chi connectivity index (χ4n) is 4.17. The van der Waals surface area contributed by atoms with Crippen LogP contribution in [0.4, 0.5) is 0 Å². The molecule has 0 nitrogen and oxygen atoms in total. The van der Waals surface area contributed by atoms with Crippen molar-refractivity contribution in [2.24, 2.45) is 35.5 Å². The molecule has 0 amide bonds. The predicted molar refractivity (Wildman–Crippen MR) is 75.8 cm³/mol. The van der Waals surface area contributed by atoms with Gasteiger partial charge in [0, 0.05) is 0 Å². The minimum atomic E-state index is 0.811. The van der Waals surface area contributed by atoms with Gasteiger partial charge in [0.2, 0.25) is 0 Å². The van der Waals surface area contributed by atoms with Crippen molar-refractivity contribution >= 4 is 0 Å². The maximum Gasteiger partial charge on any atom is -0.0194 e. The maximum absolute atomic E-state index is 2.52. The Bertz CT molecular complexity index is 299. The molecule has 2 aliphatic carbocycles. The van der Waals surface area contributed by atoms with Gasteiger partial charge in [-0.1, -0.05) is 45.1 Å². The summed E-state index contributed by atoms with van der Waals surface area (Å²) >= 11 is 0. The van der Waals surface area contributed by atoms with Crippen LogP contribution >= 0.6 is 0 Å². The molecule has 0 aromatic carbocycles. The Kier molecular flexibility index (Phi) is 4.12. The summed E-state index contributed by atoms with van der Waals surface area (Å²) in [5.41, 5.74) is 0. The fraction of sp³-hybridized carbons (Fsp3) is 0.765. The molecule has 96 valence electrons. The summed E-state index contributed by atoms with van der Waals surface area (Å²) in [6, 6.07) is 0. The van der Waals surface area contributed by atoms with Gasteiger partial charge in [-0.15, -0.1) is 0 Å². The topological polar surface area (TPSA) is 0 Å². The first kappa shape index (κ1) is 12.9. The molecule has 0 aromatic heterocycles. The van der Waals surface area contributed by atoms with Crippen LogP contribution < -0.4 is 0 Å². The maximum atomic E-state index is 2.52. The number of hydrogen-bond donors (Lipinski definition) is 0. The normalized spacial score (nSPS) is 46.1. The van der Waals surface area contributed by atoms with Gasteiger partial charge in [-0.2, -0.15) is 0 Å². The van der Waals surface area contributed by atoms with Crippen molar-refractivity contribution in [3.63, 3.8) is 0 Å². The molecule has 0 heteroatoms. The molecule has 2 rings (SSSR count). The first-order chi connectivity index (χ1) is 8.13. The Balaban J connectivity index is 2.07. The molecule has 6 unspecified atom stereocenters. The smallest absolute Gasteiger partial charge is 0.0194 e. The molecule has 0 saturated heterocycles. The zero-order valence-electron chi connectivity index (χ0n) is 11.9. The van der Waals surface area contributed by atoms with E-state index in [9.17, 15) is 0 Å². The molecule has 1 saturated carbocycles. The highest BCUT2D eigenvalue weighted by Gasteiger charge is 2.42. The minimum Gasteiger partial charge on any atom is -0.0917 e. The van der Waals surface area contributed by atoms with E-state index in [4.69, 9.17) is 0 Å². The lowest BCUT2D eigenvalue weighted by Crippen LogP contribution is -2.22. The van der Waals surface area contributed by atoms with Crippen LogP contribution in [0.1, 0.15) is 47.0 Å². The lowest BCUT2D eigenvalue weighted by Gasteiger charge is -2.28. The highest BCUT2D eigenvalue weighted by atomic mass is 14.5. The number of rotatable bonds is 3. The van der Waals surface area contributed by atoms with Gasteiger partial charge in [0.1, 0.15) is 0 Å². The van der Waals surface area contributed by atoms with E-state index in [2.05, 4.69) is 52.0 Å². The largest absolute Gasteiger partial charge is 0.0917 e. The Morgan fingerprint density at radius 3 is 2.47 bits per heavy atom. The summed E-state index contributed by atoms with van der Waals surface area (Å²) in [6.45, 7) is 9.45. The summed E-state index contributed by atoms with van der Waals surface area (Å²) < 4.78 is 0. The van der Waals surface area contributed by atoms with Crippen molar-refractivity contribution in [1.82, 2.24) is 0 Å². The van der Waals surface area contributed by atoms with E-state index >= 15 is 0 Å². The van der Waals surface area contributed by atoms with Crippen molar-refractivity contribution in [1.29, 1.82) is 0 Å². The summed E-state index contributed by atoms with van der Waals surface area (Å²) in [4.78, 5) is 0. The van der Waals surface area contributed by atoms with E-state index in [1.54, 1.807) is 0 Å².